The molecule has 1 amide bonds. The molecule has 6 nitrogen and oxygen atoms in total. The summed E-state index contributed by atoms with van der Waals surface area (Å²) in [4.78, 5) is 12.5. The van der Waals surface area contributed by atoms with Gasteiger partial charge < -0.3 is 10.1 Å². The summed E-state index contributed by atoms with van der Waals surface area (Å²) in [5.74, 6) is -0.394. The van der Waals surface area contributed by atoms with Crippen molar-refractivity contribution in [2.75, 3.05) is 0 Å². The highest BCUT2D eigenvalue weighted by molar-refractivity contribution is 7.89. The molecule has 0 heterocycles. The van der Waals surface area contributed by atoms with Gasteiger partial charge in [-0.15, -0.1) is 0 Å². The van der Waals surface area contributed by atoms with E-state index in [2.05, 4.69) is 10.0 Å². The number of hydrogen-bond acceptors (Lipinski definition) is 4. The maximum Gasteiger partial charge on any atom is 0.261 e. The minimum atomic E-state index is -3.82. The highest BCUT2D eigenvalue weighted by Gasteiger charge is 2.17. The van der Waals surface area contributed by atoms with E-state index in [9.17, 15) is 17.6 Å². The number of carbonyl (C=O) groups is 1. The number of benzene rings is 3. The third kappa shape index (κ3) is 7.02. The average Bonchev–Trinajstić information content (AvgIpc) is 2.79. The molecule has 0 fully saturated rings. The molecule has 0 radical (unpaired) electrons. The van der Waals surface area contributed by atoms with Crippen LogP contribution in [0.1, 0.15) is 23.6 Å². The lowest BCUT2D eigenvalue weighted by Crippen LogP contribution is -2.36. The van der Waals surface area contributed by atoms with Crippen molar-refractivity contribution in [3.63, 3.8) is 0 Å². The highest BCUT2D eigenvalue weighted by atomic mass is 35.5. The van der Waals surface area contributed by atoms with Crippen LogP contribution in [0.3, 0.4) is 0 Å². The zero-order valence-corrected chi connectivity index (χ0v) is 19.7. The van der Waals surface area contributed by atoms with Crippen LogP contribution >= 0.6 is 11.6 Å². The van der Waals surface area contributed by atoms with Crippen LogP contribution in [-0.4, -0.2) is 20.4 Å². The molecule has 1 unspecified atom stereocenters. The Bertz CT molecular complexity index is 1250. The van der Waals surface area contributed by atoms with Crippen LogP contribution in [0, 0.1) is 12.7 Å². The van der Waals surface area contributed by atoms with Gasteiger partial charge in [0, 0.05) is 13.1 Å². The van der Waals surface area contributed by atoms with Crippen molar-refractivity contribution in [2.24, 2.45) is 0 Å². The Kier molecular flexibility index (Phi) is 8.07. The van der Waals surface area contributed by atoms with Gasteiger partial charge in [-0.2, -0.15) is 0 Å². The van der Waals surface area contributed by atoms with E-state index in [0.29, 0.717) is 21.9 Å². The maximum atomic E-state index is 13.3. The molecule has 2 N–H and O–H groups in total. The van der Waals surface area contributed by atoms with Gasteiger partial charge in [-0.3, -0.25) is 4.79 Å². The molecule has 0 saturated heterocycles. The van der Waals surface area contributed by atoms with Crippen molar-refractivity contribution in [3.8, 4) is 5.75 Å². The van der Waals surface area contributed by atoms with E-state index in [1.807, 2.05) is 13.0 Å². The van der Waals surface area contributed by atoms with Crippen LogP contribution in [0.25, 0.3) is 0 Å². The SMILES string of the molecule is Cc1ccc(Cl)c(OC(C)C(=O)NCc2cccc(S(=O)(=O)NCc3cccc(F)c3)c2)c1. The Hall–Kier alpha value is -2.94. The summed E-state index contributed by atoms with van der Waals surface area (Å²) in [5.41, 5.74) is 2.05. The van der Waals surface area contributed by atoms with E-state index >= 15 is 0 Å². The van der Waals surface area contributed by atoms with Crippen molar-refractivity contribution in [3.05, 3.63) is 94.3 Å². The lowest BCUT2D eigenvalue weighted by molar-refractivity contribution is -0.127. The predicted octanol–water partition coefficient (Wildman–Crippen LogP) is 4.35. The normalized spacial score (nSPS) is 12.2. The first-order valence-corrected chi connectivity index (χ1v) is 12.0. The minimum absolute atomic E-state index is 0.0430. The van der Waals surface area contributed by atoms with Gasteiger partial charge in [-0.05, 0) is 66.9 Å². The summed E-state index contributed by atoms with van der Waals surface area (Å²) in [7, 11) is -3.82. The van der Waals surface area contributed by atoms with E-state index in [4.69, 9.17) is 16.3 Å². The standard InChI is InChI=1S/C24H24ClFN2O4S/c1-16-9-10-22(25)23(11-16)32-17(2)24(29)27-14-19-6-4-8-21(13-19)33(30,31)28-15-18-5-3-7-20(26)12-18/h3-13,17,28H,14-15H2,1-2H3,(H,27,29). The second-order valence-corrected chi connectivity index (χ2v) is 9.69. The summed E-state index contributed by atoms with van der Waals surface area (Å²) in [5, 5.41) is 3.14. The Morgan fingerprint density at radius 2 is 1.73 bits per heavy atom. The van der Waals surface area contributed by atoms with Crippen molar-refractivity contribution < 1.29 is 22.3 Å². The van der Waals surface area contributed by atoms with Gasteiger partial charge in [0.2, 0.25) is 10.0 Å². The summed E-state index contributed by atoms with van der Waals surface area (Å²) < 4.78 is 46.7. The fourth-order valence-electron chi connectivity index (χ4n) is 3.01. The Balaban J connectivity index is 1.59. The van der Waals surface area contributed by atoms with Crippen molar-refractivity contribution >= 4 is 27.5 Å². The molecular weight excluding hydrogens is 467 g/mol. The van der Waals surface area contributed by atoms with E-state index in [1.54, 1.807) is 37.3 Å². The van der Waals surface area contributed by atoms with Gasteiger partial charge >= 0.3 is 0 Å². The van der Waals surface area contributed by atoms with Gasteiger partial charge in [0.1, 0.15) is 11.6 Å². The molecule has 3 aromatic rings. The van der Waals surface area contributed by atoms with Crippen molar-refractivity contribution in [2.45, 2.75) is 37.9 Å². The molecule has 174 valence electrons. The zero-order chi connectivity index (χ0) is 24.0. The quantitative estimate of drug-likeness (QED) is 0.467. The first-order valence-electron chi connectivity index (χ1n) is 10.2. The average molecular weight is 491 g/mol. The molecule has 0 aliphatic rings. The van der Waals surface area contributed by atoms with Crippen LogP contribution in [0.15, 0.2) is 71.6 Å². The second kappa shape index (κ2) is 10.8. The third-order valence-electron chi connectivity index (χ3n) is 4.79. The van der Waals surface area contributed by atoms with Gasteiger partial charge in [-0.1, -0.05) is 41.9 Å². The molecule has 0 saturated carbocycles. The van der Waals surface area contributed by atoms with E-state index in [1.165, 1.54) is 30.3 Å². The number of nitrogens with one attached hydrogen (secondary N) is 2. The molecule has 0 aliphatic carbocycles. The van der Waals surface area contributed by atoms with E-state index < -0.39 is 21.9 Å². The third-order valence-corrected chi connectivity index (χ3v) is 6.50. The fourth-order valence-corrected chi connectivity index (χ4v) is 4.26. The first-order chi connectivity index (χ1) is 15.6. The first kappa shape index (κ1) is 24.7. The van der Waals surface area contributed by atoms with Gasteiger partial charge in [-0.25, -0.2) is 17.5 Å². The summed E-state index contributed by atoms with van der Waals surface area (Å²) in [6.45, 7) is 3.56. The van der Waals surface area contributed by atoms with Crippen molar-refractivity contribution in [1.29, 1.82) is 0 Å². The number of ether oxygens (including phenoxy) is 1. The largest absolute Gasteiger partial charge is 0.479 e. The number of hydrogen-bond donors (Lipinski definition) is 2. The van der Waals surface area contributed by atoms with Crippen molar-refractivity contribution in [1.82, 2.24) is 10.0 Å². The van der Waals surface area contributed by atoms with Crippen LogP contribution in [0.4, 0.5) is 4.39 Å². The lowest BCUT2D eigenvalue weighted by atomic mass is 10.2. The molecule has 0 bridgehead atoms. The van der Waals surface area contributed by atoms with Crippen LogP contribution in [0.5, 0.6) is 5.75 Å². The second-order valence-electron chi connectivity index (χ2n) is 7.51. The van der Waals surface area contributed by atoms with E-state index in [-0.39, 0.29) is 23.9 Å². The number of rotatable bonds is 9. The molecule has 1 atom stereocenters. The summed E-state index contributed by atoms with van der Waals surface area (Å²) >= 11 is 6.11. The zero-order valence-electron chi connectivity index (χ0n) is 18.1. The number of carbonyl (C=O) groups excluding carboxylic acids is 1. The van der Waals surface area contributed by atoms with Gasteiger partial charge in [0.05, 0.1) is 9.92 Å². The number of aryl methyl sites for hydroxylation is 1. The minimum Gasteiger partial charge on any atom is -0.479 e. The Labute approximate surface area is 197 Å². The molecule has 33 heavy (non-hydrogen) atoms. The topological polar surface area (TPSA) is 84.5 Å². The fraction of sp³-hybridized carbons (Fsp3) is 0.208. The summed E-state index contributed by atoms with van der Waals surface area (Å²) in [6.07, 6.45) is -0.802. The number of halogens is 2. The maximum absolute atomic E-state index is 13.3. The molecule has 0 spiro atoms. The molecular formula is C24H24ClFN2O4S. The number of sulfonamides is 1. The molecule has 0 aliphatic heterocycles. The molecule has 0 aromatic heterocycles. The smallest absolute Gasteiger partial charge is 0.261 e. The van der Waals surface area contributed by atoms with E-state index in [0.717, 1.165) is 5.56 Å². The monoisotopic (exact) mass is 490 g/mol. The van der Waals surface area contributed by atoms with Gasteiger partial charge in [0.25, 0.3) is 5.91 Å². The molecule has 3 aromatic carbocycles. The van der Waals surface area contributed by atoms with Gasteiger partial charge in [0.15, 0.2) is 6.10 Å². The Morgan fingerprint density at radius 3 is 2.45 bits per heavy atom. The Morgan fingerprint density at radius 1 is 1.03 bits per heavy atom. The lowest BCUT2D eigenvalue weighted by Gasteiger charge is -2.16. The van der Waals surface area contributed by atoms with Crippen LogP contribution < -0.4 is 14.8 Å². The predicted molar refractivity (Wildman–Crippen MR) is 125 cm³/mol. The highest BCUT2D eigenvalue weighted by Crippen LogP contribution is 2.26. The van der Waals surface area contributed by atoms with Crippen LogP contribution in [0.2, 0.25) is 5.02 Å². The molecule has 3 rings (SSSR count). The molecule has 9 heteroatoms. The van der Waals surface area contributed by atoms with Crippen LogP contribution in [-0.2, 0) is 27.9 Å². The number of amides is 1. The summed E-state index contributed by atoms with van der Waals surface area (Å²) in [6, 6.07) is 17.2.